The van der Waals surface area contributed by atoms with E-state index in [0.717, 1.165) is 18.1 Å². The highest BCUT2D eigenvalue weighted by molar-refractivity contribution is 5.87. The number of carbonyl (C=O) groups is 1. The second-order valence-corrected chi connectivity index (χ2v) is 5.77. The molecule has 1 atom stereocenters. The van der Waals surface area contributed by atoms with E-state index in [1.807, 2.05) is 0 Å². The Morgan fingerprint density at radius 1 is 1.10 bits per heavy atom. The summed E-state index contributed by atoms with van der Waals surface area (Å²) in [5.74, 6) is 0.605. The van der Waals surface area contributed by atoms with E-state index >= 15 is 0 Å². The highest BCUT2D eigenvalue weighted by atomic mass is 16.5. The fourth-order valence-corrected chi connectivity index (χ4v) is 2.38. The minimum atomic E-state index is -0.904. The van der Waals surface area contributed by atoms with Gasteiger partial charge in [-0.1, -0.05) is 46.0 Å². The van der Waals surface area contributed by atoms with Crippen LogP contribution in [0.15, 0.2) is 24.3 Å². The van der Waals surface area contributed by atoms with Gasteiger partial charge in [-0.05, 0) is 43.0 Å². The van der Waals surface area contributed by atoms with Crippen LogP contribution in [0.5, 0.6) is 5.75 Å². The zero-order valence-electron chi connectivity index (χ0n) is 13.3. The monoisotopic (exact) mass is 292 g/mol. The van der Waals surface area contributed by atoms with Crippen LogP contribution in [0.4, 0.5) is 0 Å². The van der Waals surface area contributed by atoms with E-state index in [9.17, 15) is 4.79 Å². The Kier molecular flexibility index (Phi) is 8.56. The third-order valence-electron chi connectivity index (χ3n) is 3.76. The number of unbranched alkanes of at least 4 members (excludes halogenated alkanes) is 3. The van der Waals surface area contributed by atoms with Crippen LogP contribution in [0, 0.1) is 5.92 Å². The zero-order chi connectivity index (χ0) is 15.5. The molecule has 0 fully saturated rings. The largest absolute Gasteiger partial charge is 0.494 e. The zero-order valence-corrected chi connectivity index (χ0v) is 13.3. The molecule has 0 amide bonds. The Bertz CT molecular complexity index is 397. The van der Waals surface area contributed by atoms with Gasteiger partial charge in [-0.15, -0.1) is 0 Å². The van der Waals surface area contributed by atoms with Crippen LogP contribution < -0.4 is 4.74 Å². The number of aromatic carboxylic acids is 1. The average Bonchev–Trinajstić information content (AvgIpc) is 2.48. The lowest BCUT2D eigenvalue weighted by molar-refractivity contribution is 0.0697. The Hall–Kier alpha value is -1.51. The van der Waals surface area contributed by atoms with Crippen LogP contribution in [0.25, 0.3) is 0 Å². The fraction of sp³-hybridized carbons (Fsp3) is 0.611. The molecule has 0 aliphatic carbocycles. The number of carboxylic acid groups (broad SMARTS) is 1. The van der Waals surface area contributed by atoms with Gasteiger partial charge in [0.25, 0.3) is 0 Å². The summed E-state index contributed by atoms with van der Waals surface area (Å²) in [6.07, 6.45) is 8.90. The van der Waals surface area contributed by atoms with Gasteiger partial charge in [0.05, 0.1) is 12.2 Å². The Morgan fingerprint density at radius 3 is 2.38 bits per heavy atom. The van der Waals surface area contributed by atoms with Gasteiger partial charge in [0, 0.05) is 0 Å². The van der Waals surface area contributed by atoms with E-state index < -0.39 is 5.97 Å². The Morgan fingerprint density at radius 2 is 1.76 bits per heavy atom. The molecule has 1 unspecified atom stereocenters. The highest BCUT2D eigenvalue weighted by Crippen LogP contribution is 2.17. The molecule has 1 N–H and O–H groups in total. The van der Waals surface area contributed by atoms with E-state index in [0.29, 0.717) is 12.2 Å². The molecule has 0 spiro atoms. The maximum Gasteiger partial charge on any atom is 0.335 e. The number of rotatable bonds is 11. The number of hydrogen-bond donors (Lipinski definition) is 1. The Labute approximate surface area is 128 Å². The number of carboxylic acids is 1. The normalized spacial score (nSPS) is 12.1. The maximum atomic E-state index is 10.7. The van der Waals surface area contributed by atoms with Crippen LogP contribution in [0.1, 0.15) is 69.2 Å². The van der Waals surface area contributed by atoms with Gasteiger partial charge >= 0.3 is 5.97 Å². The summed E-state index contributed by atoms with van der Waals surface area (Å²) in [6, 6.07) is 6.59. The van der Waals surface area contributed by atoms with Gasteiger partial charge in [0.15, 0.2) is 0 Å². The van der Waals surface area contributed by atoms with Crippen molar-refractivity contribution in [2.24, 2.45) is 5.92 Å². The molecule has 1 aromatic carbocycles. The van der Waals surface area contributed by atoms with Gasteiger partial charge in [-0.2, -0.15) is 0 Å². The van der Waals surface area contributed by atoms with Crippen LogP contribution in [0.3, 0.4) is 0 Å². The van der Waals surface area contributed by atoms with E-state index in [2.05, 4.69) is 13.8 Å². The number of ether oxygens (including phenoxy) is 1. The second kappa shape index (κ2) is 10.3. The quantitative estimate of drug-likeness (QED) is 0.574. The smallest absolute Gasteiger partial charge is 0.335 e. The molecule has 118 valence electrons. The first-order chi connectivity index (χ1) is 10.1. The maximum absolute atomic E-state index is 10.7. The summed E-state index contributed by atoms with van der Waals surface area (Å²) in [6.45, 7) is 5.25. The Balaban J connectivity index is 2.11. The van der Waals surface area contributed by atoms with Crippen molar-refractivity contribution in [3.8, 4) is 5.75 Å². The molecule has 21 heavy (non-hydrogen) atoms. The lowest BCUT2D eigenvalue weighted by Crippen LogP contribution is -2.02. The van der Waals surface area contributed by atoms with E-state index in [4.69, 9.17) is 9.84 Å². The van der Waals surface area contributed by atoms with Crippen LogP contribution in [-0.2, 0) is 0 Å². The molecule has 0 heterocycles. The molecular weight excluding hydrogens is 264 g/mol. The number of hydrogen-bond acceptors (Lipinski definition) is 2. The first-order valence-corrected chi connectivity index (χ1v) is 8.09. The van der Waals surface area contributed by atoms with Crippen molar-refractivity contribution in [1.82, 2.24) is 0 Å². The molecule has 0 aliphatic rings. The summed E-state index contributed by atoms with van der Waals surface area (Å²) in [5.41, 5.74) is 0.294. The molecule has 0 bridgehead atoms. The van der Waals surface area contributed by atoms with Crippen molar-refractivity contribution in [2.75, 3.05) is 6.61 Å². The minimum Gasteiger partial charge on any atom is -0.494 e. The molecule has 0 aromatic heterocycles. The molecule has 3 nitrogen and oxygen atoms in total. The lowest BCUT2D eigenvalue weighted by Gasteiger charge is -2.11. The molecule has 1 aromatic rings. The predicted octanol–water partition coefficient (Wildman–Crippen LogP) is 5.15. The van der Waals surface area contributed by atoms with E-state index in [-0.39, 0.29) is 0 Å². The molecule has 0 aliphatic heterocycles. The van der Waals surface area contributed by atoms with Gasteiger partial charge in [-0.25, -0.2) is 4.79 Å². The fourth-order valence-electron chi connectivity index (χ4n) is 2.38. The first kappa shape index (κ1) is 17.5. The molecule has 0 radical (unpaired) electrons. The van der Waals surface area contributed by atoms with Crippen LogP contribution in [0.2, 0.25) is 0 Å². The summed E-state index contributed by atoms with van der Waals surface area (Å²) in [7, 11) is 0. The van der Waals surface area contributed by atoms with Gasteiger partial charge < -0.3 is 9.84 Å². The van der Waals surface area contributed by atoms with Gasteiger partial charge in [0.1, 0.15) is 5.75 Å². The van der Waals surface area contributed by atoms with Crippen molar-refractivity contribution < 1.29 is 14.6 Å². The van der Waals surface area contributed by atoms with Crippen molar-refractivity contribution >= 4 is 5.97 Å². The molecular formula is C18H28O3. The third-order valence-corrected chi connectivity index (χ3v) is 3.76. The summed E-state index contributed by atoms with van der Waals surface area (Å²) >= 11 is 0. The third kappa shape index (κ3) is 7.74. The molecule has 1 rings (SSSR count). The van der Waals surface area contributed by atoms with E-state index in [1.54, 1.807) is 24.3 Å². The summed E-state index contributed by atoms with van der Waals surface area (Å²) < 4.78 is 5.64. The van der Waals surface area contributed by atoms with Crippen molar-refractivity contribution in [1.29, 1.82) is 0 Å². The van der Waals surface area contributed by atoms with Crippen molar-refractivity contribution in [3.63, 3.8) is 0 Å². The van der Waals surface area contributed by atoms with Crippen molar-refractivity contribution in [2.45, 2.75) is 58.8 Å². The standard InChI is InChI=1S/C18H28O3/c1-3-4-5-6-8-15(2)9-7-14-21-17-12-10-16(11-13-17)18(19)20/h10-13,15H,3-9,14H2,1-2H3,(H,19,20). The highest BCUT2D eigenvalue weighted by Gasteiger charge is 2.04. The predicted molar refractivity (Wildman–Crippen MR) is 86.1 cm³/mol. The summed E-state index contributed by atoms with van der Waals surface area (Å²) in [4.78, 5) is 10.7. The topological polar surface area (TPSA) is 46.5 Å². The lowest BCUT2D eigenvalue weighted by atomic mass is 9.98. The van der Waals surface area contributed by atoms with Crippen LogP contribution >= 0.6 is 0 Å². The van der Waals surface area contributed by atoms with Crippen molar-refractivity contribution in [3.05, 3.63) is 29.8 Å². The number of benzene rings is 1. The van der Waals surface area contributed by atoms with Crippen LogP contribution in [-0.4, -0.2) is 17.7 Å². The minimum absolute atomic E-state index is 0.294. The second-order valence-electron chi connectivity index (χ2n) is 5.77. The van der Waals surface area contributed by atoms with Gasteiger partial charge in [-0.3, -0.25) is 0 Å². The van der Waals surface area contributed by atoms with E-state index in [1.165, 1.54) is 38.5 Å². The molecule has 0 saturated carbocycles. The SMILES string of the molecule is CCCCCCC(C)CCCOc1ccc(C(=O)O)cc1. The summed E-state index contributed by atoms with van der Waals surface area (Å²) in [5, 5.41) is 8.81. The molecule has 3 heteroatoms. The first-order valence-electron chi connectivity index (χ1n) is 8.09. The molecule has 0 saturated heterocycles. The average molecular weight is 292 g/mol. The van der Waals surface area contributed by atoms with Gasteiger partial charge in [0.2, 0.25) is 0 Å².